The summed E-state index contributed by atoms with van der Waals surface area (Å²) in [6, 6.07) is 4.84. The molecule has 0 aliphatic heterocycles. The van der Waals surface area contributed by atoms with Gasteiger partial charge in [0.25, 0.3) is 0 Å². The molecule has 0 amide bonds. The summed E-state index contributed by atoms with van der Waals surface area (Å²) in [5.74, 6) is 0. The fourth-order valence-corrected chi connectivity index (χ4v) is 2.35. The van der Waals surface area contributed by atoms with Crippen LogP contribution in [0.4, 0.5) is 0 Å². The largest absolute Gasteiger partial charge is 0.312 e. The first-order valence-corrected chi connectivity index (χ1v) is 7.80. The van der Waals surface area contributed by atoms with E-state index >= 15 is 0 Å². The molecule has 1 N–H and O–H groups in total. The van der Waals surface area contributed by atoms with E-state index in [9.17, 15) is 0 Å². The number of pyridine rings is 1. The highest BCUT2D eigenvalue weighted by Gasteiger charge is 2.13. The van der Waals surface area contributed by atoms with Crippen LogP contribution in [0.25, 0.3) is 0 Å². The smallest absolute Gasteiger partial charge is 0.0271 e. The van der Waals surface area contributed by atoms with Crippen LogP contribution in [0.1, 0.15) is 53.0 Å². The van der Waals surface area contributed by atoms with E-state index in [0.29, 0.717) is 6.04 Å². The number of nitrogens with zero attached hydrogens (tertiary/aromatic N) is 2. The van der Waals surface area contributed by atoms with E-state index in [1.165, 1.54) is 18.4 Å². The summed E-state index contributed by atoms with van der Waals surface area (Å²) in [7, 11) is 0. The molecule has 1 unspecified atom stereocenters. The van der Waals surface area contributed by atoms with Crippen LogP contribution in [-0.4, -0.2) is 34.6 Å². The van der Waals surface area contributed by atoms with E-state index in [-0.39, 0.29) is 5.54 Å². The van der Waals surface area contributed by atoms with E-state index in [2.05, 4.69) is 62.0 Å². The van der Waals surface area contributed by atoms with Crippen LogP contribution >= 0.6 is 0 Å². The second-order valence-corrected chi connectivity index (χ2v) is 6.59. The zero-order valence-electron chi connectivity index (χ0n) is 13.8. The summed E-state index contributed by atoms with van der Waals surface area (Å²) in [5, 5.41) is 3.56. The Morgan fingerprint density at radius 3 is 2.45 bits per heavy atom. The average molecular weight is 277 g/mol. The Hall–Kier alpha value is -0.930. The SMILES string of the molecule is CCN(Cc1ccncc1)C(C)CCCNC(C)(C)C. The van der Waals surface area contributed by atoms with Gasteiger partial charge in [0.1, 0.15) is 0 Å². The lowest BCUT2D eigenvalue weighted by Crippen LogP contribution is -2.37. The number of nitrogens with one attached hydrogen (secondary N) is 1. The normalized spacial score (nSPS) is 13.7. The van der Waals surface area contributed by atoms with Gasteiger partial charge in [-0.1, -0.05) is 6.92 Å². The number of hydrogen-bond donors (Lipinski definition) is 1. The topological polar surface area (TPSA) is 28.2 Å². The highest BCUT2D eigenvalue weighted by molar-refractivity contribution is 5.09. The molecule has 1 rings (SSSR count). The van der Waals surface area contributed by atoms with Crippen molar-refractivity contribution in [2.75, 3.05) is 13.1 Å². The lowest BCUT2D eigenvalue weighted by atomic mass is 10.1. The third-order valence-electron chi connectivity index (χ3n) is 3.62. The van der Waals surface area contributed by atoms with Gasteiger partial charge < -0.3 is 5.32 Å². The zero-order valence-corrected chi connectivity index (χ0v) is 13.8. The minimum atomic E-state index is 0.227. The van der Waals surface area contributed by atoms with Crippen molar-refractivity contribution in [1.29, 1.82) is 0 Å². The molecule has 0 aliphatic carbocycles. The fraction of sp³-hybridized carbons (Fsp3) is 0.706. The van der Waals surface area contributed by atoms with Crippen molar-refractivity contribution in [2.45, 2.75) is 65.6 Å². The second-order valence-electron chi connectivity index (χ2n) is 6.59. The third-order valence-corrected chi connectivity index (χ3v) is 3.62. The van der Waals surface area contributed by atoms with Crippen LogP contribution in [0.15, 0.2) is 24.5 Å². The molecule has 0 fully saturated rings. The first-order valence-electron chi connectivity index (χ1n) is 7.80. The molecule has 0 bridgehead atoms. The minimum Gasteiger partial charge on any atom is -0.312 e. The molecule has 0 spiro atoms. The van der Waals surface area contributed by atoms with Gasteiger partial charge in [-0.05, 0) is 71.3 Å². The molecule has 3 nitrogen and oxygen atoms in total. The van der Waals surface area contributed by atoms with E-state index in [1.54, 1.807) is 0 Å². The predicted octanol–water partition coefficient (Wildman–Crippen LogP) is 3.46. The number of rotatable bonds is 8. The molecule has 20 heavy (non-hydrogen) atoms. The Bertz CT molecular complexity index is 356. The summed E-state index contributed by atoms with van der Waals surface area (Å²) < 4.78 is 0. The highest BCUT2D eigenvalue weighted by atomic mass is 15.1. The fourth-order valence-electron chi connectivity index (χ4n) is 2.35. The molecule has 1 aromatic heterocycles. The monoisotopic (exact) mass is 277 g/mol. The average Bonchev–Trinajstić information content (AvgIpc) is 2.41. The standard InChI is InChI=1S/C17H31N3/c1-6-20(14-16-9-12-18-13-10-16)15(2)8-7-11-19-17(3,4)5/h9-10,12-13,15,19H,6-8,11,14H2,1-5H3. The lowest BCUT2D eigenvalue weighted by molar-refractivity contribution is 0.197. The van der Waals surface area contributed by atoms with Crippen molar-refractivity contribution in [3.8, 4) is 0 Å². The van der Waals surface area contributed by atoms with Crippen LogP contribution in [0, 0.1) is 0 Å². The molecule has 0 saturated carbocycles. The van der Waals surface area contributed by atoms with Gasteiger partial charge in [-0.2, -0.15) is 0 Å². The third kappa shape index (κ3) is 7.01. The Labute approximate surface area is 124 Å². The van der Waals surface area contributed by atoms with Crippen molar-refractivity contribution in [3.05, 3.63) is 30.1 Å². The molecule has 0 radical (unpaired) electrons. The molecular weight excluding hydrogens is 246 g/mol. The predicted molar refractivity (Wildman–Crippen MR) is 86.8 cm³/mol. The Balaban J connectivity index is 2.34. The molecule has 3 heteroatoms. The van der Waals surface area contributed by atoms with Gasteiger partial charge >= 0.3 is 0 Å². The van der Waals surface area contributed by atoms with Crippen molar-refractivity contribution in [3.63, 3.8) is 0 Å². The maximum absolute atomic E-state index is 4.08. The molecule has 1 heterocycles. The van der Waals surface area contributed by atoms with Gasteiger partial charge in [-0.3, -0.25) is 9.88 Å². The summed E-state index contributed by atoms with van der Waals surface area (Å²) in [6.07, 6.45) is 6.22. The zero-order chi connectivity index (χ0) is 15.0. The maximum atomic E-state index is 4.08. The first-order chi connectivity index (χ1) is 9.42. The van der Waals surface area contributed by atoms with Crippen LogP contribution in [-0.2, 0) is 6.54 Å². The molecule has 1 atom stereocenters. The van der Waals surface area contributed by atoms with Gasteiger partial charge in [0.05, 0.1) is 0 Å². The Morgan fingerprint density at radius 2 is 1.90 bits per heavy atom. The second kappa shape index (κ2) is 8.38. The van der Waals surface area contributed by atoms with Gasteiger partial charge in [-0.15, -0.1) is 0 Å². The van der Waals surface area contributed by atoms with E-state index in [0.717, 1.165) is 19.6 Å². The molecule has 0 aliphatic rings. The first kappa shape index (κ1) is 17.1. The van der Waals surface area contributed by atoms with Crippen molar-refractivity contribution in [1.82, 2.24) is 15.2 Å². The highest BCUT2D eigenvalue weighted by Crippen LogP contribution is 2.11. The lowest BCUT2D eigenvalue weighted by Gasteiger charge is -2.28. The molecule has 1 aromatic rings. The summed E-state index contributed by atoms with van der Waals surface area (Å²) in [5.41, 5.74) is 1.58. The van der Waals surface area contributed by atoms with Crippen molar-refractivity contribution < 1.29 is 0 Å². The Kier molecular flexibility index (Phi) is 7.17. The van der Waals surface area contributed by atoms with Gasteiger partial charge in [0, 0.05) is 30.5 Å². The van der Waals surface area contributed by atoms with E-state index in [1.807, 2.05) is 12.4 Å². The van der Waals surface area contributed by atoms with E-state index in [4.69, 9.17) is 0 Å². The van der Waals surface area contributed by atoms with Gasteiger partial charge in [0.15, 0.2) is 0 Å². The number of aromatic nitrogens is 1. The van der Waals surface area contributed by atoms with Crippen molar-refractivity contribution >= 4 is 0 Å². The van der Waals surface area contributed by atoms with Crippen LogP contribution in [0.3, 0.4) is 0 Å². The van der Waals surface area contributed by atoms with Crippen LogP contribution in [0.2, 0.25) is 0 Å². The summed E-state index contributed by atoms with van der Waals surface area (Å²) in [4.78, 5) is 6.61. The van der Waals surface area contributed by atoms with Crippen molar-refractivity contribution in [2.24, 2.45) is 0 Å². The minimum absolute atomic E-state index is 0.227. The summed E-state index contributed by atoms with van der Waals surface area (Å²) in [6.45, 7) is 14.4. The number of hydrogen-bond acceptors (Lipinski definition) is 3. The quantitative estimate of drug-likeness (QED) is 0.738. The molecular formula is C17H31N3. The van der Waals surface area contributed by atoms with Crippen LogP contribution < -0.4 is 5.32 Å². The molecule has 0 saturated heterocycles. The summed E-state index contributed by atoms with van der Waals surface area (Å²) >= 11 is 0. The Morgan fingerprint density at radius 1 is 1.25 bits per heavy atom. The molecule has 0 aromatic carbocycles. The maximum Gasteiger partial charge on any atom is 0.0271 e. The van der Waals surface area contributed by atoms with Gasteiger partial charge in [0.2, 0.25) is 0 Å². The van der Waals surface area contributed by atoms with Gasteiger partial charge in [-0.25, -0.2) is 0 Å². The van der Waals surface area contributed by atoms with Crippen LogP contribution in [0.5, 0.6) is 0 Å². The molecule has 114 valence electrons. The van der Waals surface area contributed by atoms with E-state index < -0.39 is 0 Å².